The average molecular weight is 223 g/mol. The first kappa shape index (κ1) is 11.1. The number of carboxylic acids is 1. The zero-order valence-corrected chi connectivity index (χ0v) is 9.46. The van der Waals surface area contributed by atoms with Crippen molar-refractivity contribution in [1.29, 1.82) is 0 Å². The lowest BCUT2D eigenvalue weighted by Crippen LogP contribution is -2.31. The molecule has 0 aliphatic heterocycles. The van der Waals surface area contributed by atoms with Crippen molar-refractivity contribution in [1.82, 2.24) is 14.7 Å². The number of hydrogen-bond donors (Lipinski definition) is 1. The van der Waals surface area contributed by atoms with E-state index in [0.717, 1.165) is 12.2 Å². The number of nitrogens with zero attached hydrogens (tertiary/aromatic N) is 3. The van der Waals surface area contributed by atoms with Crippen LogP contribution in [0.2, 0.25) is 0 Å². The molecule has 16 heavy (non-hydrogen) atoms. The molecule has 1 saturated carbocycles. The van der Waals surface area contributed by atoms with E-state index in [-0.39, 0.29) is 6.54 Å². The lowest BCUT2D eigenvalue weighted by molar-refractivity contribution is -0.138. The zero-order chi connectivity index (χ0) is 11.5. The lowest BCUT2D eigenvalue weighted by Gasteiger charge is -2.18. The van der Waals surface area contributed by atoms with E-state index >= 15 is 0 Å². The predicted octanol–water partition coefficient (Wildman–Crippen LogP) is 0.717. The van der Waals surface area contributed by atoms with Crippen LogP contribution in [0.15, 0.2) is 12.3 Å². The van der Waals surface area contributed by atoms with Gasteiger partial charge in [0.15, 0.2) is 0 Å². The van der Waals surface area contributed by atoms with Crippen molar-refractivity contribution in [3.05, 3.63) is 18.0 Å². The monoisotopic (exact) mass is 223 g/mol. The Kier molecular flexibility index (Phi) is 3.24. The molecule has 5 nitrogen and oxygen atoms in total. The molecule has 1 aromatic heterocycles. The van der Waals surface area contributed by atoms with E-state index in [4.69, 9.17) is 5.11 Å². The quantitative estimate of drug-likeness (QED) is 0.772. The summed E-state index contributed by atoms with van der Waals surface area (Å²) in [6.45, 7) is 1.61. The molecule has 1 aliphatic rings. The average Bonchev–Trinajstić information content (AvgIpc) is 2.89. The van der Waals surface area contributed by atoms with Crippen LogP contribution < -0.4 is 0 Å². The third-order valence-electron chi connectivity index (χ3n) is 2.73. The highest BCUT2D eigenvalue weighted by Gasteiger charge is 2.25. The van der Waals surface area contributed by atoms with E-state index in [1.54, 1.807) is 4.68 Å². The number of hydrogen-bond acceptors (Lipinski definition) is 3. The second kappa shape index (κ2) is 4.65. The minimum atomic E-state index is -0.767. The molecule has 0 radical (unpaired) electrons. The van der Waals surface area contributed by atoms with Crippen molar-refractivity contribution in [3.63, 3.8) is 0 Å². The Balaban J connectivity index is 1.91. The molecular weight excluding hydrogens is 206 g/mol. The van der Waals surface area contributed by atoms with Crippen LogP contribution in [0.25, 0.3) is 0 Å². The summed E-state index contributed by atoms with van der Waals surface area (Å²) in [5.41, 5.74) is 0.935. The molecule has 1 aliphatic carbocycles. The summed E-state index contributed by atoms with van der Waals surface area (Å²) < 4.78 is 1.74. The van der Waals surface area contributed by atoms with Gasteiger partial charge in [0.05, 0.1) is 12.2 Å². The van der Waals surface area contributed by atoms with Gasteiger partial charge < -0.3 is 5.11 Å². The molecule has 0 spiro atoms. The fourth-order valence-corrected chi connectivity index (χ4v) is 1.82. The second-order valence-electron chi connectivity index (χ2n) is 4.49. The minimum Gasteiger partial charge on any atom is -0.480 e. The van der Waals surface area contributed by atoms with E-state index in [2.05, 4.69) is 5.10 Å². The fourth-order valence-electron chi connectivity index (χ4n) is 1.82. The van der Waals surface area contributed by atoms with E-state index in [0.29, 0.717) is 12.5 Å². The van der Waals surface area contributed by atoms with Crippen molar-refractivity contribution in [2.45, 2.75) is 19.4 Å². The van der Waals surface area contributed by atoms with Gasteiger partial charge in [0.2, 0.25) is 0 Å². The smallest absolute Gasteiger partial charge is 0.317 e. The molecule has 2 rings (SSSR count). The molecule has 0 unspecified atom stereocenters. The van der Waals surface area contributed by atoms with Gasteiger partial charge in [0.25, 0.3) is 0 Å². The first-order valence-electron chi connectivity index (χ1n) is 5.56. The lowest BCUT2D eigenvalue weighted by atomic mass is 10.3. The van der Waals surface area contributed by atoms with Crippen LogP contribution >= 0.6 is 0 Å². The van der Waals surface area contributed by atoms with Gasteiger partial charge in [-0.3, -0.25) is 14.4 Å². The Hall–Kier alpha value is -1.36. The van der Waals surface area contributed by atoms with Crippen molar-refractivity contribution in [2.75, 3.05) is 13.1 Å². The maximum absolute atomic E-state index is 10.7. The minimum absolute atomic E-state index is 0.104. The Morgan fingerprint density at radius 1 is 1.69 bits per heavy atom. The largest absolute Gasteiger partial charge is 0.480 e. The molecule has 1 fully saturated rings. The van der Waals surface area contributed by atoms with E-state index < -0.39 is 5.97 Å². The molecule has 5 heteroatoms. The van der Waals surface area contributed by atoms with Gasteiger partial charge in [-0.15, -0.1) is 0 Å². The molecule has 0 amide bonds. The summed E-state index contributed by atoms with van der Waals surface area (Å²) in [6.07, 6.45) is 4.35. The summed E-state index contributed by atoms with van der Waals surface area (Å²) in [6, 6.07) is 1.93. The number of rotatable bonds is 6. The van der Waals surface area contributed by atoms with Gasteiger partial charge in [-0.1, -0.05) is 0 Å². The van der Waals surface area contributed by atoms with Crippen LogP contribution in [-0.4, -0.2) is 38.8 Å². The highest BCUT2D eigenvalue weighted by atomic mass is 16.4. The van der Waals surface area contributed by atoms with E-state index in [9.17, 15) is 4.79 Å². The van der Waals surface area contributed by atoms with E-state index in [1.807, 2.05) is 24.2 Å². The Labute approximate surface area is 94.7 Å². The topological polar surface area (TPSA) is 58.4 Å². The van der Waals surface area contributed by atoms with Crippen molar-refractivity contribution < 1.29 is 9.90 Å². The summed E-state index contributed by atoms with van der Waals surface area (Å²) in [5.74, 6) is -0.0698. The Bertz CT molecular complexity index is 371. The summed E-state index contributed by atoms with van der Waals surface area (Å²) in [7, 11) is 1.87. The third kappa shape index (κ3) is 3.34. The van der Waals surface area contributed by atoms with Crippen molar-refractivity contribution in [2.24, 2.45) is 13.0 Å². The zero-order valence-electron chi connectivity index (χ0n) is 9.46. The normalized spacial score (nSPS) is 15.6. The van der Waals surface area contributed by atoms with Crippen molar-refractivity contribution >= 4 is 5.97 Å². The molecule has 1 N–H and O–H groups in total. The standard InChI is InChI=1S/C11H17N3O2/c1-13-5-4-10(12-13)7-14(8-11(15)16)6-9-2-3-9/h4-5,9H,2-3,6-8H2,1H3,(H,15,16). The van der Waals surface area contributed by atoms with Crippen LogP contribution in [0.3, 0.4) is 0 Å². The third-order valence-corrected chi connectivity index (χ3v) is 2.73. The molecule has 1 heterocycles. The van der Waals surface area contributed by atoms with Crippen LogP contribution in [-0.2, 0) is 18.4 Å². The Morgan fingerprint density at radius 2 is 2.44 bits per heavy atom. The van der Waals surface area contributed by atoms with Gasteiger partial charge in [-0.2, -0.15) is 5.10 Å². The number of carbonyl (C=O) groups is 1. The van der Waals surface area contributed by atoms with Crippen molar-refractivity contribution in [3.8, 4) is 0 Å². The van der Waals surface area contributed by atoms with Crippen LogP contribution in [0, 0.1) is 5.92 Å². The summed E-state index contributed by atoms with van der Waals surface area (Å²) in [4.78, 5) is 12.7. The second-order valence-corrected chi connectivity index (χ2v) is 4.49. The number of aromatic nitrogens is 2. The molecule has 0 aromatic carbocycles. The summed E-state index contributed by atoms with van der Waals surface area (Å²) in [5, 5.41) is 13.1. The van der Waals surface area contributed by atoms with Gasteiger partial charge in [0, 0.05) is 26.3 Å². The van der Waals surface area contributed by atoms with Crippen LogP contribution in [0.4, 0.5) is 0 Å². The summed E-state index contributed by atoms with van der Waals surface area (Å²) >= 11 is 0. The predicted molar refractivity (Wildman–Crippen MR) is 58.8 cm³/mol. The van der Waals surface area contributed by atoms with Gasteiger partial charge >= 0.3 is 5.97 Å². The van der Waals surface area contributed by atoms with E-state index in [1.165, 1.54) is 12.8 Å². The fraction of sp³-hybridized carbons (Fsp3) is 0.636. The molecule has 0 atom stereocenters. The maximum Gasteiger partial charge on any atom is 0.317 e. The van der Waals surface area contributed by atoms with Gasteiger partial charge in [-0.05, 0) is 24.8 Å². The highest BCUT2D eigenvalue weighted by molar-refractivity contribution is 5.69. The Morgan fingerprint density at radius 3 is 2.94 bits per heavy atom. The molecular formula is C11H17N3O2. The first-order chi connectivity index (χ1) is 7.63. The van der Waals surface area contributed by atoms with Gasteiger partial charge in [-0.25, -0.2) is 0 Å². The number of carboxylic acid groups (broad SMARTS) is 1. The number of aryl methyl sites for hydroxylation is 1. The maximum atomic E-state index is 10.7. The van der Waals surface area contributed by atoms with Gasteiger partial charge in [0.1, 0.15) is 0 Å². The van der Waals surface area contributed by atoms with Crippen LogP contribution in [0.1, 0.15) is 18.5 Å². The first-order valence-corrected chi connectivity index (χ1v) is 5.56. The molecule has 0 bridgehead atoms. The molecule has 0 saturated heterocycles. The number of aliphatic carboxylic acids is 1. The molecule has 1 aromatic rings. The van der Waals surface area contributed by atoms with Crippen LogP contribution in [0.5, 0.6) is 0 Å². The SMILES string of the molecule is Cn1ccc(CN(CC(=O)O)CC2CC2)n1. The molecule has 88 valence electrons. The highest BCUT2D eigenvalue weighted by Crippen LogP contribution is 2.29.